The molecular weight excluding hydrogens is 478 g/mol. The van der Waals surface area contributed by atoms with Crippen LogP contribution in [0.2, 0.25) is 0 Å². The number of piperidine rings is 1. The molecule has 0 atom stereocenters. The van der Waals surface area contributed by atoms with Crippen LogP contribution in [0.4, 0.5) is 11.4 Å². The molecule has 0 N–H and O–H groups in total. The molecule has 196 valence electrons. The molecule has 10 heteroatoms. The van der Waals surface area contributed by atoms with Crippen LogP contribution in [-0.2, 0) is 6.42 Å². The van der Waals surface area contributed by atoms with E-state index in [4.69, 9.17) is 9.15 Å². The number of likely N-dealkylation sites (tertiary alicyclic amines) is 1. The summed E-state index contributed by atoms with van der Waals surface area (Å²) in [6.07, 6.45) is 6.49. The summed E-state index contributed by atoms with van der Waals surface area (Å²) in [5.41, 5.74) is 0.209. The maximum atomic E-state index is 13.6. The summed E-state index contributed by atoms with van der Waals surface area (Å²) in [6.45, 7) is 5.36. The lowest BCUT2D eigenvalue weighted by Gasteiger charge is -2.26. The first kappa shape index (κ1) is 26.3. The number of nitro groups is 2. The van der Waals surface area contributed by atoms with Gasteiger partial charge in [0.1, 0.15) is 11.3 Å². The van der Waals surface area contributed by atoms with Crippen LogP contribution in [0.25, 0.3) is 11.0 Å². The molecule has 0 saturated carbocycles. The van der Waals surface area contributed by atoms with Crippen molar-refractivity contribution in [1.29, 1.82) is 0 Å². The molecule has 0 radical (unpaired) electrons. The Morgan fingerprint density at radius 1 is 1.03 bits per heavy atom. The average molecular weight is 510 g/mol. The molecule has 0 unspecified atom stereocenters. The number of rotatable bonds is 12. The Morgan fingerprint density at radius 2 is 1.81 bits per heavy atom. The zero-order valence-electron chi connectivity index (χ0n) is 20.9. The third-order valence-electron chi connectivity index (χ3n) is 6.68. The zero-order chi connectivity index (χ0) is 26.4. The molecule has 0 spiro atoms. The normalized spacial score (nSPS) is 14.1. The number of fused-ring (bicyclic) bond motifs is 1. The molecule has 1 aliphatic heterocycles. The van der Waals surface area contributed by atoms with Gasteiger partial charge in [0.25, 0.3) is 5.69 Å². The Labute approximate surface area is 214 Å². The first-order valence-electron chi connectivity index (χ1n) is 12.8. The molecule has 0 bridgehead atoms. The van der Waals surface area contributed by atoms with Crippen molar-refractivity contribution >= 4 is 28.1 Å². The highest BCUT2D eigenvalue weighted by atomic mass is 16.6. The fourth-order valence-corrected chi connectivity index (χ4v) is 4.73. The molecule has 1 saturated heterocycles. The Hall–Kier alpha value is -3.79. The third-order valence-corrected chi connectivity index (χ3v) is 6.68. The van der Waals surface area contributed by atoms with Crippen LogP contribution in [0.3, 0.4) is 0 Å². The van der Waals surface area contributed by atoms with E-state index in [9.17, 15) is 25.0 Å². The summed E-state index contributed by atoms with van der Waals surface area (Å²) in [5.74, 6) is 0.0484. The molecule has 0 amide bonds. The fraction of sp³-hybridized carbons (Fsp3) is 0.444. The van der Waals surface area contributed by atoms with Crippen LogP contribution in [0, 0.1) is 20.2 Å². The number of nitrogens with zero attached hydrogens (tertiary/aromatic N) is 3. The van der Waals surface area contributed by atoms with Crippen molar-refractivity contribution < 1.29 is 23.8 Å². The number of ketones is 1. The van der Waals surface area contributed by atoms with Gasteiger partial charge < -0.3 is 14.1 Å². The summed E-state index contributed by atoms with van der Waals surface area (Å²) in [4.78, 5) is 38.0. The summed E-state index contributed by atoms with van der Waals surface area (Å²) in [5, 5.41) is 23.5. The van der Waals surface area contributed by atoms with Crippen molar-refractivity contribution in [3.63, 3.8) is 0 Å². The number of carbonyl (C=O) groups is 1. The summed E-state index contributed by atoms with van der Waals surface area (Å²) < 4.78 is 11.6. The number of nitro benzene ring substituents is 2. The van der Waals surface area contributed by atoms with Gasteiger partial charge in [0.05, 0.1) is 22.0 Å². The highest BCUT2D eigenvalue weighted by Crippen LogP contribution is 2.34. The second kappa shape index (κ2) is 12.0. The smallest absolute Gasteiger partial charge is 0.311 e. The quantitative estimate of drug-likeness (QED) is 0.124. The number of hydrogen-bond donors (Lipinski definition) is 0. The van der Waals surface area contributed by atoms with Gasteiger partial charge in [0.15, 0.2) is 11.5 Å². The number of non-ortho nitro benzene ring substituents is 1. The van der Waals surface area contributed by atoms with Gasteiger partial charge >= 0.3 is 5.69 Å². The van der Waals surface area contributed by atoms with Gasteiger partial charge in [-0.3, -0.25) is 25.0 Å². The Bertz CT molecular complexity index is 1290. The third kappa shape index (κ3) is 6.14. The maximum absolute atomic E-state index is 13.6. The highest BCUT2D eigenvalue weighted by molar-refractivity contribution is 6.17. The van der Waals surface area contributed by atoms with Gasteiger partial charge in [-0.15, -0.1) is 0 Å². The van der Waals surface area contributed by atoms with E-state index in [1.807, 2.05) is 6.92 Å². The lowest BCUT2D eigenvalue weighted by Crippen LogP contribution is -2.31. The molecule has 2 aromatic carbocycles. The first-order chi connectivity index (χ1) is 17.9. The molecule has 1 fully saturated rings. The minimum absolute atomic E-state index is 0.0966. The molecule has 2 heterocycles. The Morgan fingerprint density at radius 3 is 2.51 bits per heavy atom. The van der Waals surface area contributed by atoms with E-state index in [1.165, 1.54) is 55.7 Å². The number of aryl methyl sites for hydroxylation is 1. The molecule has 4 rings (SSSR count). The van der Waals surface area contributed by atoms with Gasteiger partial charge in [-0.1, -0.05) is 19.8 Å². The second-order valence-corrected chi connectivity index (χ2v) is 9.31. The van der Waals surface area contributed by atoms with Gasteiger partial charge in [0, 0.05) is 42.1 Å². The summed E-state index contributed by atoms with van der Waals surface area (Å²) >= 11 is 0. The van der Waals surface area contributed by atoms with Crippen molar-refractivity contribution in [3.05, 3.63) is 73.5 Å². The second-order valence-electron chi connectivity index (χ2n) is 9.31. The first-order valence-corrected chi connectivity index (χ1v) is 12.8. The SMILES string of the molecule is CCCCc1oc2ccc([N+](=O)[O-])cc2c1C(=O)c1ccc(OCCCN2CCCCC2)c([N+](=O)[O-])c1. The van der Waals surface area contributed by atoms with Gasteiger partial charge in [-0.05, 0) is 57.0 Å². The standard InChI is InChI=1S/C27H31N3O7/c1-2-3-8-25-26(21-18-20(29(32)33)10-12-23(21)37-25)27(31)19-9-11-24(22(17-19)30(34)35)36-16-7-15-28-13-5-4-6-14-28/h9-12,17-18H,2-8,13-16H2,1H3. The van der Waals surface area contributed by atoms with Crippen LogP contribution in [0.1, 0.15) is 67.1 Å². The van der Waals surface area contributed by atoms with Crippen LogP contribution >= 0.6 is 0 Å². The number of hydrogen-bond acceptors (Lipinski definition) is 8. The van der Waals surface area contributed by atoms with E-state index in [1.54, 1.807) is 0 Å². The van der Waals surface area contributed by atoms with Crippen LogP contribution < -0.4 is 4.74 Å². The van der Waals surface area contributed by atoms with Gasteiger partial charge in [0.2, 0.25) is 0 Å². The van der Waals surface area contributed by atoms with Crippen molar-refractivity contribution in [2.45, 2.75) is 51.9 Å². The maximum Gasteiger partial charge on any atom is 0.311 e. The minimum Gasteiger partial charge on any atom is -0.487 e. The van der Waals surface area contributed by atoms with Crippen molar-refractivity contribution in [3.8, 4) is 5.75 Å². The van der Waals surface area contributed by atoms with E-state index < -0.39 is 15.6 Å². The van der Waals surface area contributed by atoms with E-state index in [2.05, 4.69) is 4.90 Å². The largest absolute Gasteiger partial charge is 0.487 e. The van der Waals surface area contributed by atoms with E-state index >= 15 is 0 Å². The van der Waals surface area contributed by atoms with Crippen molar-refractivity contribution in [2.75, 3.05) is 26.2 Å². The predicted octanol–water partition coefficient (Wildman–Crippen LogP) is 6.08. The molecule has 0 aliphatic carbocycles. The number of ether oxygens (including phenoxy) is 1. The topological polar surface area (TPSA) is 129 Å². The van der Waals surface area contributed by atoms with E-state index in [0.29, 0.717) is 29.8 Å². The van der Waals surface area contributed by atoms with Crippen LogP contribution in [0.5, 0.6) is 5.75 Å². The number of benzene rings is 2. The van der Waals surface area contributed by atoms with Gasteiger partial charge in [-0.2, -0.15) is 0 Å². The fourth-order valence-electron chi connectivity index (χ4n) is 4.73. The van der Waals surface area contributed by atoms with Crippen LogP contribution in [-0.4, -0.2) is 46.8 Å². The summed E-state index contributed by atoms with van der Waals surface area (Å²) in [6, 6.07) is 8.27. The molecular formula is C27H31N3O7. The predicted molar refractivity (Wildman–Crippen MR) is 138 cm³/mol. The molecule has 3 aromatic rings. The molecule has 1 aromatic heterocycles. The monoisotopic (exact) mass is 509 g/mol. The Kier molecular flexibility index (Phi) is 8.50. The Balaban J connectivity index is 1.59. The van der Waals surface area contributed by atoms with Crippen molar-refractivity contribution in [2.24, 2.45) is 0 Å². The number of carbonyl (C=O) groups excluding carboxylic acids is 1. The summed E-state index contributed by atoms with van der Waals surface area (Å²) in [7, 11) is 0. The zero-order valence-corrected chi connectivity index (χ0v) is 20.9. The van der Waals surface area contributed by atoms with E-state index in [0.717, 1.165) is 38.9 Å². The van der Waals surface area contributed by atoms with Crippen LogP contribution in [0.15, 0.2) is 40.8 Å². The van der Waals surface area contributed by atoms with Crippen molar-refractivity contribution in [1.82, 2.24) is 4.90 Å². The average Bonchev–Trinajstić information content (AvgIpc) is 3.27. The lowest BCUT2D eigenvalue weighted by atomic mass is 9.97. The lowest BCUT2D eigenvalue weighted by molar-refractivity contribution is -0.385. The van der Waals surface area contributed by atoms with Gasteiger partial charge in [-0.25, -0.2) is 0 Å². The molecule has 10 nitrogen and oxygen atoms in total. The van der Waals surface area contributed by atoms with E-state index in [-0.39, 0.29) is 28.3 Å². The number of furan rings is 1. The molecule has 37 heavy (non-hydrogen) atoms. The minimum atomic E-state index is -0.562. The highest BCUT2D eigenvalue weighted by Gasteiger charge is 2.26. The number of unbranched alkanes of at least 4 members (excludes halogenated alkanes) is 1. The molecule has 1 aliphatic rings.